The summed E-state index contributed by atoms with van der Waals surface area (Å²) in [5.41, 5.74) is 2.80. The minimum Gasteiger partial charge on any atom is -0.370 e. The molecule has 2 rings (SSSR count). The average molecular weight is 343 g/mol. The molecule has 2 nitrogen and oxygen atoms in total. The zero-order valence-corrected chi connectivity index (χ0v) is 14.2. The fourth-order valence-corrected chi connectivity index (χ4v) is 3.52. The molecular weight excluding hydrogens is 320 g/mol. The summed E-state index contributed by atoms with van der Waals surface area (Å²) in [5.74, 6) is 2.54. The van der Waals surface area contributed by atoms with Crippen molar-refractivity contribution in [3.05, 3.63) is 28.2 Å². The lowest BCUT2D eigenvalue weighted by molar-refractivity contribution is 0.588. The van der Waals surface area contributed by atoms with Crippen LogP contribution in [0.5, 0.6) is 0 Å². The van der Waals surface area contributed by atoms with Gasteiger partial charge in [0.25, 0.3) is 0 Å². The van der Waals surface area contributed by atoms with Gasteiger partial charge >= 0.3 is 0 Å². The van der Waals surface area contributed by atoms with E-state index in [9.17, 15) is 0 Å². The summed E-state index contributed by atoms with van der Waals surface area (Å²) in [7, 11) is 0. The van der Waals surface area contributed by atoms with Gasteiger partial charge in [-0.3, -0.25) is 0 Å². The second-order valence-corrected chi connectivity index (χ2v) is 7.40. The normalized spacial score (nSPS) is 16.7. The molecule has 0 spiro atoms. The van der Waals surface area contributed by atoms with E-state index in [4.69, 9.17) is 0 Å². The fraction of sp³-hybridized carbons (Fsp3) is 0.600. The van der Waals surface area contributed by atoms with Crippen LogP contribution in [0.25, 0.3) is 0 Å². The smallest absolute Gasteiger partial charge is 0.0423 e. The van der Waals surface area contributed by atoms with Gasteiger partial charge < -0.3 is 10.2 Å². The van der Waals surface area contributed by atoms with Crippen LogP contribution in [0.4, 0.5) is 5.69 Å². The van der Waals surface area contributed by atoms with Gasteiger partial charge in [-0.1, -0.05) is 35.8 Å². The molecule has 0 radical (unpaired) electrons. The molecule has 1 aromatic rings. The summed E-state index contributed by atoms with van der Waals surface area (Å²) in [6.07, 6.45) is 1.29. The molecule has 0 amide bonds. The highest BCUT2D eigenvalue weighted by molar-refractivity contribution is 9.10. The van der Waals surface area contributed by atoms with Crippen molar-refractivity contribution >= 4 is 33.4 Å². The van der Waals surface area contributed by atoms with E-state index in [0.29, 0.717) is 6.04 Å². The van der Waals surface area contributed by atoms with Crippen molar-refractivity contribution < 1.29 is 0 Å². The quantitative estimate of drug-likeness (QED) is 0.893. The third-order valence-electron chi connectivity index (χ3n) is 3.31. The number of benzene rings is 1. The first-order valence-electron chi connectivity index (χ1n) is 7.01. The first-order valence-corrected chi connectivity index (χ1v) is 8.96. The van der Waals surface area contributed by atoms with E-state index in [1.165, 1.54) is 40.2 Å². The Morgan fingerprint density at radius 3 is 2.95 bits per heavy atom. The minimum atomic E-state index is 0.524. The Balaban J connectivity index is 2.17. The van der Waals surface area contributed by atoms with Gasteiger partial charge in [-0.25, -0.2) is 0 Å². The largest absolute Gasteiger partial charge is 0.370 e. The van der Waals surface area contributed by atoms with Crippen LogP contribution in [0, 0.1) is 0 Å². The fourth-order valence-electron chi connectivity index (χ4n) is 2.28. The Morgan fingerprint density at radius 1 is 1.32 bits per heavy atom. The Bertz CT molecular complexity index is 401. The summed E-state index contributed by atoms with van der Waals surface area (Å²) in [6, 6.07) is 7.18. The molecule has 106 valence electrons. The van der Waals surface area contributed by atoms with Crippen molar-refractivity contribution in [1.29, 1.82) is 0 Å². The molecule has 1 aromatic carbocycles. The summed E-state index contributed by atoms with van der Waals surface area (Å²) < 4.78 is 1.17. The van der Waals surface area contributed by atoms with Crippen LogP contribution in [0.1, 0.15) is 25.8 Å². The number of hydrogen-bond donors (Lipinski definition) is 1. The molecule has 0 aliphatic carbocycles. The van der Waals surface area contributed by atoms with E-state index >= 15 is 0 Å². The lowest BCUT2D eigenvalue weighted by Crippen LogP contribution is -2.28. The van der Waals surface area contributed by atoms with Crippen LogP contribution in [0.15, 0.2) is 22.7 Å². The van der Waals surface area contributed by atoms with Crippen molar-refractivity contribution in [2.24, 2.45) is 0 Å². The first-order chi connectivity index (χ1) is 9.16. The van der Waals surface area contributed by atoms with Crippen LogP contribution in [0.2, 0.25) is 0 Å². The van der Waals surface area contributed by atoms with Gasteiger partial charge in [0.2, 0.25) is 0 Å². The van der Waals surface area contributed by atoms with Gasteiger partial charge in [0.1, 0.15) is 0 Å². The number of hydrogen-bond acceptors (Lipinski definition) is 3. The molecule has 1 N–H and O–H groups in total. The summed E-state index contributed by atoms with van der Waals surface area (Å²) in [6.45, 7) is 7.68. The standard InChI is InChI=1S/C15H23BrN2S/c1-12(2)17-11-13-4-5-14(16)10-15(13)18-6-3-8-19-9-7-18/h4-5,10,12,17H,3,6-9,11H2,1-2H3. The Labute approximate surface area is 129 Å². The number of halogens is 1. The Morgan fingerprint density at radius 2 is 2.16 bits per heavy atom. The van der Waals surface area contributed by atoms with Gasteiger partial charge in [-0.2, -0.15) is 11.8 Å². The number of anilines is 1. The molecule has 4 heteroatoms. The molecular formula is C15H23BrN2S. The number of nitrogens with zero attached hydrogens (tertiary/aromatic N) is 1. The molecule has 1 fully saturated rings. The monoisotopic (exact) mass is 342 g/mol. The van der Waals surface area contributed by atoms with E-state index in [1.807, 2.05) is 0 Å². The van der Waals surface area contributed by atoms with Crippen molar-refractivity contribution in [1.82, 2.24) is 5.32 Å². The minimum absolute atomic E-state index is 0.524. The Hall–Kier alpha value is -0.190. The van der Waals surface area contributed by atoms with Crippen molar-refractivity contribution in [3.8, 4) is 0 Å². The zero-order chi connectivity index (χ0) is 13.7. The van der Waals surface area contributed by atoms with Crippen molar-refractivity contribution in [3.63, 3.8) is 0 Å². The van der Waals surface area contributed by atoms with Gasteiger partial charge in [-0.05, 0) is 29.9 Å². The predicted octanol–water partition coefficient (Wildman–Crippen LogP) is 3.89. The number of thioether (sulfide) groups is 1. The van der Waals surface area contributed by atoms with E-state index in [1.54, 1.807) is 0 Å². The third kappa shape index (κ3) is 4.69. The van der Waals surface area contributed by atoms with Gasteiger partial charge in [0, 0.05) is 41.6 Å². The SMILES string of the molecule is CC(C)NCc1ccc(Br)cc1N1CCCSCC1. The molecule has 1 heterocycles. The lowest BCUT2D eigenvalue weighted by Gasteiger charge is -2.26. The molecule has 0 bridgehead atoms. The highest BCUT2D eigenvalue weighted by Crippen LogP contribution is 2.27. The van der Waals surface area contributed by atoms with Crippen LogP contribution in [-0.4, -0.2) is 30.6 Å². The van der Waals surface area contributed by atoms with Crippen LogP contribution in [-0.2, 0) is 6.54 Å². The van der Waals surface area contributed by atoms with Gasteiger partial charge in [-0.15, -0.1) is 0 Å². The molecule has 1 saturated heterocycles. The molecule has 0 atom stereocenters. The van der Waals surface area contributed by atoms with Crippen LogP contribution in [0.3, 0.4) is 0 Å². The summed E-state index contributed by atoms with van der Waals surface area (Å²) in [4.78, 5) is 2.54. The molecule has 1 aliphatic rings. The number of nitrogens with one attached hydrogen (secondary N) is 1. The van der Waals surface area contributed by atoms with Crippen LogP contribution < -0.4 is 10.2 Å². The lowest BCUT2D eigenvalue weighted by atomic mass is 10.1. The van der Waals surface area contributed by atoms with E-state index in [-0.39, 0.29) is 0 Å². The second-order valence-electron chi connectivity index (χ2n) is 5.26. The van der Waals surface area contributed by atoms with E-state index < -0.39 is 0 Å². The average Bonchev–Trinajstić information content (AvgIpc) is 2.65. The van der Waals surface area contributed by atoms with Gasteiger partial charge in [0.05, 0.1) is 0 Å². The maximum atomic E-state index is 3.61. The molecule has 0 unspecified atom stereocenters. The number of rotatable bonds is 4. The maximum absolute atomic E-state index is 3.61. The van der Waals surface area contributed by atoms with E-state index in [0.717, 1.165) is 13.1 Å². The zero-order valence-electron chi connectivity index (χ0n) is 11.8. The highest BCUT2D eigenvalue weighted by Gasteiger charge is 2.14. The highest BCUT2D eigenvalue weighted by atomic mass is 79.9. The second kappa shape index (κ2) is 7.55. The third-order valence-corrected chi connectivity index (χ3v) is 4.85. The van der Waals surface area contributed by atoms with Gasteiger partial charge in [0.15, 0.2) is 0 Å². The molecule has 0 saturated carbocycles. The maximum Gasteiger partial charge on any atom is 0.0423 e. The molecule has 0 aromatic heterocycles. The summed E-state index contributed by atoms with van der Waals surface area (Å²) in [5, 5.41) is 3.53. The molecule has 19 heavy (non-hydrogen) atoms. The van der Waals surface area contributed by atoms with Crippen LogP contribution >= 0.6 is 27.7 Å². The first kappa shape index (κ1) is 15.2. The summed E-state index contributed by atoms with van der Waals surface area (Å²) >= 11 is 5.68. The molecule has 1 aliphatic heterocycles. The Kier molecular flexibility index (Phi) is 6.05. The predicted molar refractivity (Wildman–Crippen MR) is 90.3 cm³/mol. The van der Waals surface area contributed by atoms with Crippen molar-refractivity contribution in [2.75, 3.05) is 29.5 Å². The van der Waals surface area contributed by atoms with E-state index in [2.05, 4.69) is 70.0 Å². The topological polar surface area (TPSA) is 15.3 Å². The van der Waals surface area contributed by atoms with Crippen molar-refractivity contribution in [2.45, 2.75) is 32.9 Å².